The number of benzene rings is 3. The van der Waals surface area contributed by atoms with Crippen LogP contribution in [0.5, 0.6) is 0 Å². The highest BCUT2D eigenvalue weighted by atomic mass is 14.9. The number of aromatic amines is 3. The van der Waals surface area contributed by atoms with Gasteiger partial charge in [0.1, 0.15) is 17.5 Å². The number of nitrogens with one attached hydrogen (secondary N) is 3. The molecule has 6 aromatic rings. The summed E-state index contributed by atoms with van der Waals surface area (Å²) in [5.41, 5.74) is 4.63. The standard InChI is InChI=1S/C16H14N2.C14H26N2.C9H8N2/c1-3-7-13(8-4-1)11-16-17-12-15(18-16)14-9-5-2-6-10-14;1-2-3-4-5-6-7-8-9-10-11-14-15-12-13-16-14;1-2-4-8(5-3-1)9-10-6-7-11-9/h1-10,12H,11H2,(H,17,18);12-13H,2-11H2,1H3,(H,15,16);1-7H,(H,10,11). The zero-order valence-corrected chi connectivity index (χ0v) is 26.7. The highest BCUT2D eigenvalue weighted by molar-refractivity contribution is 5.58. The summed E-state index contributed by atoms with van der Waals surface area (Å²) in [6.07, 6.45) is 23.7. The van der Waals surface area contributed by atoms with E-state index in [4.69, 9.17) is 0 Å². The molecule has 0 aliphatic carbocycles. The minimum atomic E-state index is 0.841. The first-order chi connectivity index (χ1) is 22.3. The van der Waals surface area contributed by atoms with Crippen molar-refractivity contribution in [3.63, 3.8) is 0 Å². The van der Waals surface area contributed by atoms with E-state index in [1.807, 2.05) is 79.4 Å². The third kappa shape index (κ3) is 12.8. The van der Waals surface area contributed by atoms with Gasteiger partial charge in [0.15, 0.2) is 0 Å². The van der Waals surface area contributed by atoms with E-state index in [1.54, 1.807) is 6.20 Å². The lowest BCUT2D eigenvalue weighted by molar-refractivity contribution is 0.562. The van der Waals surface area contributed by atoms with E-state index in [0.717, 1.165) is 41.6 Å². The fourth-order valence-electron chi connectivity index (χ4n) is 5.06. The maximum absolute atomic E-state index is 4.43. The number of imidazole rings is 3. The molecule has 0 unspecified atom stereocenters. The molecule has 234 valence electrons. The van der Waals surface area contributed by atoms with E-state index in [9.17, 15) is 0 Å². The van der Waals surface area contributed by atoms with Gasteiger partial charge >= 0.3 is 0 Å². The number of hydrogen-bond donors (Lipinski definition) is 3. The van der Waals surface area contributed by atoms with E-state index in [1.165, 1.54) is 68.9 Å². The van der Waals surface area contributed by atoms with Crippen LogP contribution in [0.15, 0.2) is 122 Å². The Kier molecular flexibility index (Phi) is 15.0. The van der Waals surface area contributed by atoms with Crippen molar-refractivity contribution in [2.24, 2.45) is 0 Å². The summed E-state index contributed by atoms with van der Waals surface area (Å²) >= 11 is 0. The molecule has 0 aliphatic rings. The lowest BCUT2D eigenvalue weighted by atomic mass is 10.1. The van der Waals surface area contributed by atoms with Gasteiger partial charge in [0.2, 0.25) is 0 Å². The average molecular weight is 601 g/mol. The van der Waals surface area contributed by atoms with Crippen LogP contribution in [-0.2, 0) is 12.8 Å². The van der Waals surface area contributed by atoms with Gasteiger partial charge < -0.3 is 15.0 Å². The minimum Gasteiger partial charge on any atom is -0.349 e. The Balaban J connectivity index is 0.000000158. The summed E-state index contributed by atoms with van der Waals surface area (Å²) in [7, 11) is 0. The molecule has 0 spiro atoms. The second-order valence-electron chi connectivity index (χ2n) is 11.2. The second kappa shape index (κ2) is 20.3. The van der Waals surface area contributed by atoms with Gasteiger partial charge in [-0.05, 0) is 17.5 Å². The van der Waals surface area contributed by atoms with Crippen molar-refractivity contribution in [2.75, 3.05) is 0 Å². The topological polar surface area (TPSA) is 86.0 Å². The molecule has 0 saturated carbocycles. The number of rotatable bonds is 14. The van der Waals surface area contributed by atoms with Crippen LogP contribution < -0.4 is 0 Å². The molecular formula is C39H48N6. The van der Waals surface area contributed by atoms with Gasteiger partial charge in [-0.1, -0.05) is 149 Å². The van der Waals surface area contributed by atoms with E-state index < -0.39 is 0 Å². The van der Waals surface area contributed by atoms with Crippen molar-refractivity contribution < 1.29 is 0 Å². The number of hydrogen-bond acceptors (Lipinski definition) is 3. The largest absolute Gasteiger partial charge is 0.349 e. The lowest BCUT2D eigenvalue weighted by Crippen LogP contribution is -1.90. The van der Waals surface area contributed by atoms with Crippen LogP contribution in [0.3, 0.4) is 0 Å². The number of H-pyrrole nitrogens is 3. The highest BCUT2D eigenvalue weighted by Gasteiger charge is 2.03. The smallest absolute Gasteiger partial charge is 0.137 e. The van der Waals surface area contributed by atoms with Crippen LogP contribution in [0, 0.1) is 0 Å². The van der Waals surface area contributed by atoms with Crippen molar-refractivity contribution in [3.05, 3.63) is 139 Å². The Morgan fingerprint density at radius 1 is 0.533 bits per heavy atom. The molecule has 0 fully saturated rings. The van der Waals surface area contributed by atoms with Gasteiger partial charge in [-0.3, -0.25) is 0 Å². The fraction of sp³-hybridized carbons (Fsp3) is 0.308. The van der Waals surface area contributed by atoms with Gasteiger partial charge in [0, 0.05) is 43.2 Å². The molecule has 6 nitrogen and oxygen atoms in total. The van der Waals surface area contributed by atoms with Crippen molar-refractivity contribution in [1.82, 2.24) is 29.9 Å². The molecule has 0 bridgehead atoms. The number of aromatic nitrogens is 6. The molecule has 3 aromatic carbocycles. The minimum absolute atomic E-state index is 0.841. The quantitative estimate of drug-likeness (QED) is 0.109. The highest BCUT2D eigenvalue weighted by Crippen LogP contribution is 2.17. The third-order valence-electron chi connectivity index (χ3n) is 7.55. The van der Waals surface area contributed by atoms with E-state index >= 15 is 0 Å². The summed E-state index contributed by atoms with van der Waals surface area (Å²) < 4.78 is 0. The van der Waals surface area contributed by atoms with E-state index in [-0.39, 0.29) is 0 Å². The van der Waals surface area contributed by atoms with Crippen LogP contribution in [0.1, 0.15) is 81.9 Å². The normalized spacial score (nSPS) is 10.4. The first-order valence-electron chi connectivity index (χ1n) is 16.5. The monoisotopic (exact) mass is 600 g/mol. The molecule has 0 atom stereocenters. The maximum Gasteiger partial charge on any atom is 0.137 e. The molecule has 3 N–H and O–H groups in total. The lowest BCUT2D eigenvalue weighted by Gasteiger charge is -2.01. The predicted molar refractivity (Wildman–Crippen MR) is 187 cm³/mol. The van der Waals surface area contributed by atoms with Gasteiger partial charge in [0.05, 0.1) is 11.9 Å². The predicted octanol–water partition coefficient (Wildman–Crippen LogP) is 10.2. The molecule has 45 heavy (non-hydrogen) atoms. The first-order valence-corrected chi connectivity index (χ1v) is 16.5. The molecule has 3 heterocycles. The molecule has 0 aliphatic heterocycles. The zero-order valence-electron chi connectivity index (χ0n) is 26.7. The average Bonchev–Trinajstić information content (AvgIpc) is 3.91. The van der Waals surface area contributed by atoms with Crippen LogP contribution >= 0.6 is 0 Å². The summed E-state index contributed by atoms with van der Waals surface area (Å²) in [6.45, 7) is 2.27. The SMILES string of the molecule is CCCCCCCCCCCc1ncc[nH]1.c1ccc(-c2ncc[nH]2)cc1.c1ccc(Cc2ncc(-c3ccccc3)[nH]2)cc1. The molecule has 0 saturated heterocycles. The summed E-state index contributed by atoms with van der Waals surface area (Å²) in [4.78, 5) is 22.4. The third-order valence-corrected chi connectivity index (χ3v) is 7.55. The van der Waals surface area contributed by atoms with Crippen LogP contribution in [-0.4, -0.2) is 29.9 Å². The number of unbranched alkanes of at least 4 members (excludes halogenated alkanes) is 8. The molecule has 0 amide bonds. The zero-order chi connectivity index (χ0) is 31.2. The van der Waals surface area contributed by atoms with E-state index in [2.05, 4.69) is 73.2 Å². The Hall–Kier alpha value is -4.71. The van der Waals surface area contributed by atoms with Crippen LogP contribution in [0.25, 0.3) is 22.6 Å². The van der Waals surface area contributed by atoms with Crippen LogP contribution in [0.2, 0.25) is 0 Å². The van der Waals surface area contributed by atoms with Crippen molar-refractivity contribution in [2.45, 2.75) is 77.6 Å². The van der Waals surface area contributed by atoms with Crippen LogP contribution in [0.4, 0.5) is 0 Å². The van der Waals surface area contributed by atoms with Crippen molar-refractivity contribution in [1.29, 1.82) is 0 Å². The van der Waals surface area contributed by atoms with Gasteiger partial charge in [-0.25, -0.2) is 15.0 Å². The Morgan fingerprint density at radius 2 is 1.11 bits per heavy atom. The Morgan fingerprint density at radius 3 is 1.71 bits per heavy atom. The summed E-state index contributed by atoms with van der Waals surface area (Å²) in [5.74, 6) is 3.06. The molecule has 3 aromatic heterocycles. The number of aryl methyl sites for hydroxylation is 1. The molecule has 6 heteroatoms. The number of nitrogens with zero attached hydrogens (tertiary/aromatic N) is 3. The van der Waals surface area contributed by atoms with Crippen molar-refractivity contribution >= 4 is 0 Å². The summed E-state index contributed by atoms with van der Waals surface area (Å²) in [6, 6.07) is 30.7. The van der Waals surface area contributed by atoms with Gasteiger partial charge in [-0.2, -0.15) is 0 Å². The van der Waals surface area contributed by atoms with E-state index in [0.29, 0.717) is 0 Å². The molecule has 6 rings (SSSR count). The fourth-order valence-corrected chi connectivity index (χ4v) is 5.06. The maximum atomic E-state index is 4.43. The molecular weight excluding hydrogens is 552 g/mol. The Labute approximate surface area is 268 Å². The van der Waals surface area contributed by atoms with Gasteiger partial charge in [-0.15, -0.1) is 0 Å². The Bertz CT molecular complexity index is 1510. The van der Waals surface area contributed by atoms with Crippen molar-refractivity contribution in [3.8, 4) is 22.6 Å². The molecule has 0 radical (unpaired) electrons. The van der Waals surface area contributed by atoms with Gasteiger partial charge in [0.25, 0.3) is 0 Å². The summed E-state index contributed by atoms with van der Waals surface area (Å²) in [5, 5.41) is 0. The second-order valence-corrected chi connectivity index (χ2v) is 11.2. The first kappa shape index (κ1) is 33.2.